The average Bonchev–Trinajstić information content (AvgIpc) is 3.28. The number of H-pyrrole nitrogens is 1. The second-order valence-electron chi connectivity index (χ2n) is 6.71. The quantitative estimate of drug-likeness (QED) is 0.710. The maximum absolute atomic E-state index is 11.9. The van der Waals surface area contributed by atoms with Gasteiger partial charge in [0.25, 0.3) is 0 Å². The normalized spacial score (nSPS) is 16.7. The number of aromatic amines is 1. The van der Waals surface area contributed by atoms with Crippen LogP contribution in [0.3, 0.4) is 0 Å². The van der Waals surface area contributed by atoms with E-state index in [1.54, 1.807) is 0 Å². The number of carbonyl (C=O) groups is 1. The Morgan fingerprint density at radius 1 is 1.32 bits per heavy atom. The highest BCUT2D eigenvalue weighted by Gasteiger charge is 2.35. The predicted octanol–water partition coefficient (Wildman–Crippen LogP) is 1.87. The third kappa shape index (κ3) is 3.76. The van der Waals surface area contributed by atoms with Crippen LogP contribution in [0.15, 0.2) is 30.3 Å². The molecule has 3 rings (SSSR count). The van der Waals surface area contributed by atoms with Gasteiger partial charge in [0.1, 0.15) is 0 Å². The highest BCUT2D eigenvalue weighted by molar-refractivity contribution is 5.73. The number of aliphatic carboxylic acids is 1. The van der Waals surface area contributed by atoms with Gasteiger partial charge in [-0.05, 0) is 29.0 Å². The Balaban J connectivity index is 1.98. The molecule has 2 heterocycles. The summed E-state index contributed by atoms with van der Waals surface area (Å²) in [4.78, 5) is 11.9. The van der Waals surface area contributed by atoms with Crippen LogP contribution in [0.2, 0.25) is 0 Å². The van der Waals surface area contributed by atoms with Crippen LogP contribution in [-0.2, 0) is 11.2 Å². The summed E-state index contributed by atoms with van der Waals surface area (Å²) in [7, 11) is 0. The number of nitrogens with zero attached hydrogens (tertiary/aromatic N) is 3. The second-order valence-corrected chi connectivity index (χ2v) is 6.71. The average molecular weight is 341 g/mol. The second kappa shape index (κ2) is 7.57. The highest BCUT2D eigenvalue weighted by atomic mass is 16.4. The zero-order valence-corrected chi connectivity index (χ0v) is 14.4. The van der Waals surface area contributed by atoms with Gasteiger partial charge in [0.2, 0.25) is 0 Å². The summed E-state index contributed by atoms with van der Waals surface area (Å²) in [6, 6.07) is 8.14. The lowest BCUT2D eigenvalue weighted by atomic mass is 9.78. The van der Waals surface area contributed by atoms with E-state index in [0.29, 0.717) is 12.2 Å². The highest BCUT2D eigenvalue weighted by Crippen LogP contribution is 2.34. The Hall–Kier alpha value is -2.54. The molecule has 0 aliphatic carbocycles. The molecule has 132 valence electrons. The summed E-state index contributed by atoms with van der Waals surface area (Å²) in [6.45, 7) is 5.53. The Morgan fingerprint density at radius 3 is 2.72 bits per heavy atom. The first kappa shape index (κ1) is 17.3. The van der Waals surface area contributed by atoms with E-state index in [4.69, 9.17) is 0 Å². The van der Waals surface area contributed by atoms with E-state index >= 15 is 0 Å². The molecule has 1 aromatic carbocycles. The minimum Gasteiger partial charge on any atom is -0.481 e. The minimum atomic E-state index is -0.830. The Bertz CT molecular complexity index is 755. The number of tetrazole rings is 1. The van der Waals surface area contributed by atoms with Crippen LogP contribution in [0.4, 0.5) is 0 Å². The molecule has 0 saturated heterocycles. The van der Waals surface area contributed by atoms with E-state index in [-0.39, 0.29) is 11.8 Å². The molecule has 1 aliphatic heterocycles. The number of hydrogen-bond donors (Lipinski definition) is 3. The van der Waals surface area contributed by atoms with E-state index in [9.17, 15) is 9.90 Å². The number of hydrogen-bond acceptors (Lipinski definition) is 5. The molecule has 25 heavy (non-hydrogen) atoms. The van der Waals surface area contributed by atoms with Gasteiger partial charge in [-0.15, -0.1) is 10.2 Å². The van der Waals surface area contributed by atoms with Crippen molar-refractivity contribution in [3.63, 3.8) is 0 Å². The van der Waals surface area contributed by atoms with Gasteiger partial charge in [-0.1, -0.05) is 49.4 Å². The van der Waals surface area contributed by atoms with E-state index in [1.165, 1.54) is 5.57 Å². The summed E-state index contributed by atoms with van der Waals surface area (Å²) >= 11 is 0. The molecule has 7 heteroatoms. The molecule has 1 aromatic heterocycles. The molecule has 0 radical (unpaired) electrons. The molecule has 7 nitrogen and oxygen atoms in total. The first-order chi connectivity index (χ1) is 12.1. The smallest absolute Gasteiger partial charge is 0.307 e. The molecule has 2 unspecified atom stereocenters. The Kier molecular flexibility index (Phi) is 5.23. The number of carboxylic acids is 1. The summed E-state index contributed by atoms with van der Waals surface area (Å²) < 4.78 is 0. The van der Waals surface area contributed by atoms with Crippen LogP contribution in [0.1, 0.15) is 36.7 Å². The van der Waals surface area contributed by atoms with E-state index in [2.05, 4.69) is 44.1 Å². The van der Waals surface area contributed by atoms with Gasteiger partial charge >= 0.3 is 5.97 Å². The van der Waals surface area contributed by atoms with Crippen molar-refractivity contribution in [2.75, 3.05) is 13.1 Å². The van der Waals surface area contributed by atoms with Crippen LogP contribution in [0.25, 0.3) is 5.57 Å². The molecule has 0 amide bonds. The molecule has 0 bridgehead atoms. The number of nitrogens with one attached hydrogen (secondary N) is 2. The van der Waals surface area contributed by atoms with Crippen LogP contribution < -0.4 is 5.32 Å². The number of benzene rings is 1. The molecule has 0 fully saturated rings. The molecule has 3 N–H and O–H groups in total. The first-order valence-electron chi connectivity index (χ1n) is 8.52. The molecule has 1 aliphatic rings. The number of rotatable bonds is 7. The molecule has 2 atom stereocenters. The lowest BCUT2D eigenvalue weighted by Crippen LogP contribution is -2.29. The van der Waals surface area contributed by atoms with Crippen LogP contribution in [-0.4, -0.2) is 44.8 Å². The first-order valence-corrected chi connectivity index (χ1v) is 8.52. The fraction of sp³-hybridized carbons (Fsp3) is 0.444. The maximum atomic E-state index is 11.9. The van der Waals surface area contributed by atoms with E-state index < -0.39 is 11.9 Å². The van der Waals surface area contributed by atoms with Crippen LogP contribution in [0.5, 0.6) is 0 Å². The van der Waals surface area contributed by atoms with Gasteiger partial charge in [-0.2, -0.15) is 5.21 Å². The third-order valence-electron chi connectivity index (χ3n) is 4.74. The van der Waals surface area contributed by atoms with Gasteiger partial charge in [0, 0.05) is 19.0 Å². The summed E-state index contributed by atoms with van der Waals surface area (Å²) in [5.74, 6) is -1.34. The van der Waals surface area contributed by atoms with E-state index in [1.807, 2.05) is 26.0 Å². The summed E-state index contributed by atoms with van der Waals surface area (Å²) in [5.41, 5.74) is 3.52. The molecule has 2 aromatic rings. The maximum Gasteiger partial charge on any atom is 0.307 e. The fourth-order valence-corrected chi connectivity index (χ4v) is 3.56. The van der Waals surface area contributed by atoms with Crippen molar-refractivity contribution >= 4 is 11.5 Å². The van der Waals surface area contributed by atoms with Crippen molar-refractivity contribution in [1.82, 2.24) is 25.9 Å². The Morgan fingerprint density at radius 2 is 2.12 bits per heavy atom. The predicted molar refractivity (Wildman–Crippen MR) is 93.9 cm³/mol. The van der Waals surface area contributed by atoms with Crippen molar-refractivity contribution in [3.8, 4) is 0 Å². The zero-order chi connectivity index (χ0) is 17.8. The van der Waals surface area contributed by atoms with Gasteiger partial charge in [-0.3, -0.25) is 4.79 Å². The third-order valence-corrected chi connectivity index (χ3v) is 4.74. The van der Waals surface area contributed by atoms with Crippen molar-refractivity contribution < 1.29 is 9.90 Å². The van der Waals surface area contributed by atoms with Crippen LogP contribution in [0, 0.1) is 11.8 Å². The van der Waals surface area contributed by atoms with E-state index in [0.717, 1.165) is 24.2 Å². The zero-order valence-electron chi connectivity index (χ0n) is 14.4. The van der Waals surface area contributed by atoms with Gasteiger partial charge in [0.05, 0.1) is 5.92 Å². The van der Waals surface area contributed by atoms with Gasteiger partial charge < -0.3 is 10.4 Å². The summed E-state index contributed by atoms with van der Waals surface area (Å²) in [5, 5.41) is 27.3. The van der Waals surface area contributed by atoms with Crippen molar-refractivity contribution in [3.05, 3.63) is 47.3 Å². The fourth-order valence-electron chi connectivity index (χ4n) is 3.56. The monoisotopic (exact) mass is 341 g/mol. The lowest BCUT2D eigenvalue weighted by Gasteiger charge is -2.25. The number of carboxylic acid groups (broad SMARTS) is 1. The number of aromatic nitrogens is 4. The van der Waals surface area contributed by atoms with Gasteiger partial charge in [-0.25, -0.2) is 0 Å². The lowest BCUT2D eigenvalue weighted by molar-refractivity contribution is -0.144. The standard InChI is InChI=1S/C18H23N5O2/c1-11(2)16(18(24)25)15(17-20-22-23-21-17)9-12-5-3-4-6-14(12)13-7-8-19-10-13/h3-7,11,15-16,19H,8-10H2,1-2H3,(H,24,25)(H,20,21,22,23). The molecule has 0 spiro atoms. The molecular formula is C18H23N5O2. The van der Waals surface area contributed by atoms with Crippen molar-refractivity contribution in [2.45, 2.75) is 26.2 Å². The molecule has 0 saturated carbocycles. The topological polar surface area (TPSA) is 104 Å². The van der Waals surface area contributed by atoms with Crippen LogP contribution >= 0.6 is 0 Å². The SMILES string of the molecule is CC(C)C(C(=O)O)C(Cc1ccccc1C1=CCNC1)c1nn[nH]n1. The summed E-state index contributed by atoms with van der Waals surface area (Å²) in [6.07, 6.45) is 2.74. The van der Waals surface area contributed by atoms with Crippen molar-refractivity contribution in [1.29, 1.82) is 0 Å². The minimum absolute atomic E-state index is 0.0412. The Labute approximate surface area is 146 Å². The largest absolute Gasteiger partial charge is 0.481 e. The van der Waals surface area contributed by atoms with Gasteiger partial charge in [0.15, 0.2) is 5.82 Å². The molecular weight excluding hydrogens is 318 g/mol. The van der Waals surface area contributed by atoms with Crippen molar-refractivity contribution in [2.24, 2.45) is 11.8 Å².